The molecule has 1 fully saturated rings. The van der Waals surface area contributed by atoms with Crippen LogP contribution < -0.4 is 10.6 Å². The number of benzene rings is 2. The van der Waals surface area contributed by atoms with Crippen LogP contribution in [-0.2, 0) is 9.47 Å². The van der Waals surface area contributed by atoms with Gasteiger partial charge in [-0.15, -0.1) is 0 Å². The van der Waals surface area contributed by atoms with E-state index in [4.69, 9.17) is 9.47 Å². The van der Waals surface area contributed by atoms with Crippen LogP contribution in [0.5, 0.6) is 0 Å². The molecule has 0 saturated carbocycles. The summed E-state index contributed by atoms with van der Waals surface area (Å²) in [5, 5.41) is 13.7. The van der Waals surface area contributed by atoms with Crippen molar-refractivity contribution in [3.05, 3.63) is 60.7 Å². The Labute approximate surface area is 189 Å². The Kier molecular flexibility index (Phi) is 8.32. The second kappa shape index (κ2) is 10.2. The first-order valence-corrected chi connectivity index (χ1v) is 11.8. The molecule has 3 rings (SSSR count). The van der Waals surface area contributed by atoms with E-state index in [-0.39, 0.29) is 15.0 Å². The topological polar surface area (TPSA) is 59.0 Å². The Morgan fingerprint density at radius 1 is 1.13 bits per heavy atom. The molecule has 2 aromatic rings. The van der Waals surface area contributed by atoms with Gasteiger partial charge in [0, 0.05) is 14.6 Å². The summed E-state index contributed by atoms with van der Waals surface area (Å²) in [4.78, 5) is 14.5. The molecule has 1 aliphatic heterocycles. The Morgan fingerprint density at radius 2 is 1.61 bits per heavy atom. The Balaban J connectivity index is 0.00000341. The van der Waals surface area contributed by atoms with Crippen LogP contribution in [0.15, 0.2) is 60.7 Å². The second-order valence-corrected chi connectivity index (χ2v) is 11.3. The van der Waals surface area contributed by atoms with Gasteiger partial charge in [-0.1, -0.05) is 60.7 Å². The van der Waals surface area contributed by atoms with Gasteiger partial charge < -0.3 is 14.6 Å². The van der Waals surface area contributed by atoms with Gasteiger partial charge in [-0.2, -0.15) is 0 Å². The van der Waals surface area contributed by atoms with Crippen molar-refractivity contribution >= 4 is 33.0 Å². The minimum atomic E-state index is -0.837. The van der Waals surface area contributed by atoms with Crippen molar-refractivity contribution in [1.82, 2.24) is 4.90 Å². The number of carbonyl (C=O) groups excluding carboxylic acids is 1. The molecular weight excluding hydrogens is 408 g/mol. The second-order valence-electron chi connectivity index (χ2n) is 9.02. The maximum Gasteiger partial charge on any atom is 0.412 e. The molecule has 1 N–H and O–H groups in total. The van der Waals surface area contributed by atoms with E-state index < -0.39 is 37.5 Å². The average molecular weight is 440 g/mol. The minimum Gasteiger partial charge on any atom is -0.444 e. The van der Waals surface area contributed by atoms with Gasteiger partial charge in [-0.25, -0.2) is 4.79 Å². The van der Waals surface area contributed by atoms with Crippen LogP contribution in [0.1, 0.15) is 34.6 Å². The summed E-state index contributed by atoms with van der Waals surface area (Å²) in [6.45, 7) is 9.46. The van der Waals surface area contributed by atoms with Crippen molar-refractivity contribution in [1.29, 1.82) is 0 Å². The SMILES string of the molecule is CC(C)(C)OC(=O)N1[C@H]([C@H](O)CP(c2ccccc2)c2ccccc2)COC1(C)C.[B]. The van der Waals surface area contributed by atoms with Crippen LogP contribution in [0.3, 0.4) is 0 Å². The molecule has 1 heterocycles. The van der Waals surface area contributed by atoms with Crippen molar-refractivity contribution in [3.8, 4) is 0 Å². The smallest absolute Gasteiger partial charge is 0.412 e. The standard InChI is InChI=1S/C24H32NO4P.B/c1-23(2,3)29-22(27)25-20(16-28-24(25,4)5)21(26)17-30(18-12-8-6-9-13-18)19-14-10-7-11-15-19;/h6-15,20-21,26H,16-17H2,1-5H3;/t20-,21+;/m0./s1. The van der Waals surface area contributed by atoms with Gasteiger partial charge in [0.25, 0.3) is 0 Å². The molecule has 0 unspecified atom stereocenters. The van der Waals surface area contributed by atoms with Crippen molar-refractivity contribution in [2.24, 2.45) is 0 Å². The zero-order chi connectivity index (χ0) is 21.9. The third-order valence-corrected chi connectivity index (χ3v) is 7.64. The number of rotatable bonds is 5. The first kappa shape index (κ1) is 25.4. The fourth-order valence-electron chi connectivity index (χ4n) is 3.67. The highest BCUT2D eigenvalue weighted by Gasteiger charge is 2.48. The molecule has 2 aromatic carbocycles. The highest BCUT2D eigenvalue weighted by Crippen LogP contribution is 2.38. The summed E-state index contributed by atoms with van der Waals surface area (Å²) >= 11 is 0. The van der Waals surface area contributed by atoms with E-state index in [1.54, 1.807) is 4.90 Å². The molecule has 0 spiro atoms. The first-order chi connectivity index (χ1) is 14.1. The fraction of sp³-hybridized carbons (Fsp3) is 0.458. The molecule has 165 valence electrons. The number of amides is 1. The molecule has 31 heavy (non-hydrogen) atoms. The normalized spacial score (nSPS) is 19.1. The molecule has 1 amide bonds. The van der Waals surface area contributed by atoms with Crippen molar-refractivity contribution in [2.75, 3.05) is 12.8 Å². The number of ether oxygens (including phenoxy) is 2. The number of hydrogen-bond acceptors (Lipinski definition) is 4. The summed E-state index contributed by atoms with van der Waals surface area (Å²) in [5.41, 5.74) is -1.46. The molecule has 3 radical (unpaired) electrons. The molecule has 1 aliphatic rings. The molecule has 2 atom stereocenters. The lowest BCUT2D eigenvalue weighted by atomic mass is 10.1. The Bertz CT molecular complexity index is 802. The number of nitrogens with zero attached hydrogens (tertiary/aromatic N) is 1. The van der Waals surface area contributed by atoms with E-state index in [9.17, 15) is 9.90 Å². The first-order valence-electron chi connectivity index (χ1n) is 10.3. The van der Waals surface area contributed by atoms with Crippen LogP contribution >= 0.6 is 7.92 Å². The molecule has 5 nitrogen and oxygen atoms in total. The van der Waals surface area contributed by atoms with E-state index in [0.29, 0.717) is 6.16 Å². The zero-order valence-electron chi connectivity index (χ0n) is 19.0. The van der Waals surface area contributed by atoms with Crippen LogP contribution in [-0.4, -0.2) is 60.8 Å². The maximum atomic E-state index is 12.9. The summed E-state index contributed by atoms with van der Waals surface area (Å²) in [7, 11) is -0.787. The van der Waals surface area contributed by atoms with Gasteiger partial charge in [0.05, 0.1) is 18.8 Å². The van der Waals surface area contributed by atoms with E-state index in [1.165, 1.54) is 10.6 Å². The summed E-state index contributed by atoms with van der Waals surface area (Å²) in [6.07, 6.45) is -0.670. The third-order valence-electron chi connectivity index (χ3n) is 5.06. The van der Waals surface area contributed by atoms with Gasteiger partial charge in [-0.05, 0) is 53.1 Å². The lowest BCUT2D eigenvalue weighted by Gasteiger charge is -2.37. The highest BCUT2D eigenvalue weighted by molar-refractivity contribution is 7.73. The monoisotopic (exact) mass is 440 g/mol. The predicted octanol–water partition coefficient (Wildman–Crippen LogP) is 3.47. The average Bonchev–Trinajstić information content (AvgIpc) is 3.01. The number of hydrogen-bond donors (Lipinski definition) is 1. The van der Waals surface area contributed by atoms with Gasteiger partial charge in [-0.3, -0.25) is 4.90 Å². The van der Waals surface area contributed by atoms with Gasteiger partial charge in [0.15, 0.2) is 0 Å². The van der Waals surface area contributed by atoms with Crippen LogP contribution in [0.2, 0.25) is 0 Å². The summed E-state index contributed by atoms with van der Waals surface area (Å²) in [6, 6.07) is 20.0. The van der Waals surface area contributed by atoms with Crippen molar-refractivity contribution < 1.29 is 19.4 Å². The highest BCUT2D eigenvalue weighted by atomic mass is 31.1. The molecule has 7 heteroatoms. The van der Waals surface area contributed by atoms with Crippen LogP contribution in [0.4, 0.5) is 4.79 Å². The molecular formula is C24H32BNO4P. The Morgan fingerprint density at radius 3 is 2.06 bits per heavy atom. The lowest BCUT2D eigenvalue weighted by molar-refractivity contribution is -0.0669. The lowest BCUT2D eigenvalue weighted by Crippen LogP contribution is -2.54. The van der Waals surface area contributed by atoms with Gasteiger partial charge in [0.1, 0.15) is 11.3 Å². The predicted molar refractivity (Wildman–Crippen MR) is 128 cm³/mol. The van der Waals surface area contributed by atoms with Crippen LogP contribution in [0, 0.1) is 0 Å². The third kappa shape index (κ3) is 6.32. The van der Waals surface area contributed by atoms with E-state index in [1.807, 2.05) is 71.0 Å². The van der Waals surface area contributed by atoms with E-state index in [2.05, 4.69) is 24.3 Å². The van der Waals surface area contributed by atoms with E-state index >= 15 is 0 Å². The summed E-state index contributed by atoms with van der Waals surface area (Å²) < 4.78 is 11.5. The van der Waals surface area contributed by atoms with Crippen molar-refractivity contribution in [3.63, 3.8) is 0 Å². The largest absolute Gasteiger partial charge is 0.444 e. The number of aliphatic hydroxyl groups is 1. The molecule has 1 saturated heterocycles. The van der Waals surface area contributed by atoms with Gasteiger partial charge >= 0.3 is 6.09 Å². The fourth-order valence-corrected chi connectivity index (χ4v) is 6.07. The quantitative estimate of drug-likeness (QED) is 0.572. The zero-order valence-corrected chi connectivity index (χ0v) is 19.9. The molecule has 0 aromatic heterocycles. The maximum absolute atomic E-state index is 12.9. The van der Waals surface area contributed by atoms with Crippen molar-refractivity contribution in [2.45, 2.75) is 58.1 Å². The number of aliphatic hydroxyl groups excluding tert-OH is 1. The van der Waals surface area contributed by atoms with E-state index in [0.717, 1.165) is 0 Å². The molecule has 0 aliphatic carbocycles. The number of carbonyl (C=O) groups is 1. The van der Waals surface area contributed by atoms with Crippen LogP contribution in [0.25, 0.3) is 0 Å². The molecule has 0 bridgehead atoms. The Hall–Kier alpha value is -1.88. The van der Waals surface area contributed by atoms with Gasteiger partial charge in [0.2, 0.25) is 0 Å². The summed E-state index contributed by atoms with van der Waals surface area (Å²) in [5.74, 6) is 0. The minimum absolute atomic E-state index is 0.